The average Bonchev–Trinajstić information content (AvgIpc) is 2.46. The Kier molecular flexibility index (Phi) is 3.06. The minimum absolute atomic E-state index is 0.225. The van der Waals surface area contributed by atoms with Gasteiger partial charge in [-0.15, -0.1) is 0 Å². The lowest BCUT2D eigenvalue weighted by Crippen LogP contribution is -2.29. The molecular formula is C11H16FN3. The number of rotatable bonds is 1. The lowest BCUT2D eigenvalue weighted by atomic mass is 10.2. The zero-order valence-corrected chi connectivity index (χ0v) is 8.67. The van der Waals surface area contributed by atoms with Crippen LogP contribution in [-0.4, -0.2) is 26.2 Å². The van der Waals surface area contributed by atoms with Gasteiger partial charge in [0.2, 0.25) is 0 Å². The molecule has 2 rings (SSSR count). The van der Waals surface area contributed by atoms with Crippen LogP contribution in [0.2, 0.25) is 0 Å². The van der Waals surface area contributed by atoms with Crippen LogP contribution in [0.25, 0.3) is 0 Å². The zero-order chi connectivity index (χ0) is 10.7. The summed E-state index contributed by atoms with van der Waals surface area (Å²) >= 11 is 0. The number of nitrogen functional groups attached to an aromatic ring is 1. The zero-order valence-electron chi connectivity index (χ0n) is 8.67. The molecule has 1 aromatic rings. The Morgan fingerprint density at radius 2 is 2.13 bits per heavy atom. The first kappa shape index (κ1) is 10.2. The Bertz CT molecular complexity index is 312. The lowest BCUT2D eigenvalue weighted by Gasteiger charge is -2.24. The monoisotopic (exact) mass is 209 g/mol. The number of halogens is 1. The number of anilines is 2. The molecule has 0 bridgehead atoms. The third-order valence-corrected chi connectivity index (χ3v) is 2.67. The first-order valence-corrected chi connectivity index (χ1v) is 5.28. The van der Waals surface area contributed by atoms with Crippen molar-refractivity contribution >= 4 is 11.4 Å². The van der Waals surface area contributed by atoms with Crippen LogP contribution in [0.5, 0.6) is 0 Å². The predicted octanol–water partition coefficient (Wildman–Crippen LogP) is 1.21. The van der Waals surface area contributed by atoms with Crippen molar-refractivity contribution in [1.82, 2.24) is 5.32 Å². The summed E-state index contributed by atoms with van der Waals surface area (Å²) in [6.45, 7) is 3.54. The number of para-hydroxylation sites is 1. The van der Waals surface area contributed by atoms with Gasteiger partial charge in [0.05, 0.1) is 11.4 Å². The molecule has 0 radical (unpaired) electrons. The summed E-state index contributed by atoms with van der Waals surface area (Å²) in [5.41, 5.74) is 6.88. The molecule has 82 valence electrons. The molecule has 3 N–H and O–H groups in total. The summed E-state index contributed by atoms with van der Waals surface area (Å²) in [5.74, 6) is -0.225. The third-order valence-electron chi connectivity index (χ3n) is 2.67. The average molecular weight is 209 g/mol. The molecule has 0 spiro atoms. The smallest absolute Gasteiger partial charge is 0.148 e. The van der Waals surface area contributed by atoms with Crippen molar-refractivity contribution in [2.24, 2.45) is 0 Å². The minimum Gasteiger partial charge on any atom is -0.397 e. The fourth-order valence-corrected chi connectivity index (χ4v) is 1.93. The van der Waals surface area contributed by atoms with Crippen molar-refractivity contribution in [2.45, 2.75) is 6.42 Å². The van der Waals surface area contributed by atoms with Gasteiger partial charge in [0, 0.05) is 19.6 Å². The van der Waals surface area contributed by atoms with E-state index in [0.29, 0.717) is 11.4 Å². The summed E-state index contributed by atoms with van der Waals surface area (Å²) in [6.07, 6.45) is 1.02. The van der Waals surface area contributed by atoms with Crippen LogP contribution in [0.15, 0.2) is 18.2 Å². The van der Waals surface area contributed by atoms with Crippen molar-refractivity contribution in [1.29, 1.82) is 0 Å². The number of hydrogen-bond donors (Lipinski definition) is 2. The fourth-order valence-electron chi connectivity index (χ4n) is 1.93. The second kappa shape index (κ2) is 4.49. The van der Waals surface area contributed by atoms with Gasteiger partial charge in [0.1, 0.15) is 5.82 Å². The van der Waals surface area contributed by atoms with E-state index in [2.05, 4.69) is 5.32 Å². The Labute approximate surface area is 89.1 Å². The van der Waals surface area contributed by atoms with Gasteiger partial charge in [-0.1, -0.05) is 6.07 Å². The van der Waals surface area contributed by atoms with Gasteiger partial charge in [-0.3, -0.25) is 0 Å². The SMILES string of the molecule is Nc1cccc(F)c1N1CCCNCC1. The second-order valence-electron chi connectivity index (χ2n) is 3.77. The highest BCUT2D eigenvalue weighted by Gasteiger charge is 2.15. The van der Waals surface area contributed by atoms with E-state index >= 15 is 0 Å². The van der Waals surface area contributed by atoms with E-state index in [1.165, 1.54) is 6.07 Å². The number of hydrogen-bond acceptors (Lipinski definition) is 3. The van der Waals surface area contributed by atoms with Crippen molar-refractivity contribution in [2.75, 3.05) is 36.8 Å². The van der Waals surface area contributed by atoms with Gasteiger partial charge >= 0.3 is 0 Å². The first-order valence-electron chi connectivity index (χ1n) is 5.28. The van der Waals surface area contributed by atoms with Crippen LogP contribution in [0.4, 0.5) is 15.8 Å². The van der Waals surface area contributed by atoms with Gasteiger partial charge in [-0.25, -0.2) is 4.39 Å². The van der Waals surface area contributed by atoms with E-state index in [0.717, 1.165) is 32.6 Å². The standard InChI is InChI=1S/C11H16FN3/c12-9-3-1-4-10(13)11(9)15-7-2-5-14-6-8-15/h1,3-4,14H,2,5-8,13H2. The maximum atomic E-state index is 13.6. The van der Waals surface area contributed by atoms with Crippen LogP contribution < -0.4 is 16.0 Å². The van der Waals surface area contributed by atoms with Gasteiger partial charge in [0.25, 0.3) is 0 Å². The molecule has 1 fully saturated rings. The highest BCUT2D eigenvalue weighted by molar-refractivity contribution is 5.68. The fraction of sp³-hybridized carbons (Fsp3) is 0.455. The van der Waals surface area contributed by atoms with Crippen LogP contribution in [-0.2, 0) is 0 Å². The van der Waals surface area contributed by atoms with Crippen LogP contribution in [0.3, 0.4) is 0 Å². The molecule has 0 amide bonds. The molecule has 0 atom stereocenters. The Morgan fingerprint density at radius 3 is 2.93 bits per heavy atom. The molecule has 0 aromatic heterocycles. The van der Waals surface area contributed by atoms with Gasteiger partial charge in [-0.2, -0.15) is 0 Å². The van der Waals surface area contributed by atoms with Crippen molar-refractivity contribution in [3.05, 3.63) is 24.0 Å². The molecule has 3 nitrogen and oxygen atoms in total. The molecule has 4 heteroatoms. The van der Waals surface area contributed by atoms with E-state index in [1.807, 2.05) is 4.90 Å². The van der Waals surface area contributed by atoms with Crippen LogP contribution >= 0.6 is 0 Å². The normalized spacial score (nSPS) is 17.5. The minimum atomic E-state index is -0.225. The maximum absolute atomic E-state index is 13.6. The van der Waals surface area contributed by atoms with E-state index in [4.69, 9.17) is 5.73 Å². The summed E-state index contributed by atoms with van der Waals surface area (Å²) < 4.78 is 13.6. The van der Waals surface area contributed by atoms with E-state index in [-0.39, 0.29) is 5.82 Å². The van der Waals surface area contributed by atoms with Gasteiger partial charge in [-0.05, 0) is 25.1 Å². The number of nitrogens with two attached hydrogens (primary N) is 1. The molecule has 0 unspecified atom stereocenters. The van der Waals surface area contributed by atoms with Crippen molar-refractivity contribution in [3.63, 3.8) is 0 Å². The lowest BCUT2D eigenvalue weighted by molar-refractivity contribution is 0.619. The summed E-state index contributed by atoms with van der Waals surface area (Å²) in [5, 5.41) is 3.28. The predicted molar refractivity (Wildman–Crippen MR) is 60.5 cm³/mol. The summed E-state index contributed by atoms with van der Waals surface area (Å²) in [6, 6.07) is 4.85. The Balaban J connectivity index is 2.26. The second-order valence-corrected chi connectivity index (χ2v) is 3.77. The van der Waals surface area contributed by atoms with E-state index < -0.39 is 0 Å². The number of benzene rings is 1. The molecule has 1 saturated heterocycles. The van der Waals surface area contributed by atoms with E-state index in [9.17, 15) is 4.39 Å². The van der Waals surface area contributed by atoms with Crippen molar-refractivity contribution < 1.29 is 4.39 Å². The quantitative estimate of drug-likeness (QED) is 0.683. The molecule has 0 saturated carbocycles. The largest absolute Gasteiger partial charge is 0.397 e. The van der Waals surface area contributed by atoms with Crippen molar-refractivity contribution in [3.8, 4) is 0 Å². The van der Waals surface area contributed by atoms with E-state index in [1.54, 1.807) is 12.1 Å². The summed E-state index contributed by atoms with van der Waals surface area (Å²) in [7, 11) is 0. The topological polar surface area (TPSA) is 41.3 Å². The molecule has 1 aliphatic rings. The number of nitrogens with one attached hydrogen (secondary N) is 1. The molecule has 15 heavy (non-hydrogen) atoms. The molecule has 1 heterocycles. The maximum Gasteiger partial charge on any atom is 0.148 e. The number of nitrogens with zero attached hydrogens (tertiary/aromatic N) is 1. The third kappa shape index (κ3) is 2.21. The summed E-state index contributed by atoms with van der Waals surface area (Å²) in [4.78, 5) is 2.02. The Hall–Kier alpha value is -1.29. The molecular weight excluding hydrogens is 193 g/mol. The van der Waals surface area contributed by atoms with Gasteiger partial charge in [0.15, 0.2) is 0 Å². The molecule has 0 aliphatic carbocycles. The van der Waals surface area contributed by atoms with Crippen LogP contribution in [0.1, 0.15) is 6.42 Å². The Morgan fingerprint density at radius 1 is 1.27 bits per heavy atom. The first-order chi connectivity index (χ1) is 7.29. The van der Waals surface area contributed by atoms with Crippen LogP contribution in [0, 0.1) is 5.82 Å². The molecule has 1 aromatic carbocycles. The van der Waals surface area contributed by atoms with Gasteiger partial charge < -0.3 is 16.0 Å². The molecule has 1 aliphatic heterocycles. The highest BCUT2D eigenvalue weighted by atomic mass is 19.1. The highest BCUT2D eigenvalue weighted by Crippen LogP contribution is 2.26.